The van der Waals surface area contributed by atoms with Gasteiger partial charge in [-0.15, -0.1) is 10.2 Å². The van der Waals surface area contributed by atoms with Crippen molar-refractivity contribution in [2.24, 2.45) is 11.1 Å². The third-order valence-corrected chi connectivity index (χ3v) is 7.72. The predicted molar refractivity (Wildman–Crippen MR) is 133 cm³/mol. The molecule has 3 heterocycles. The van der Waals surface area contributed by atoms with Gasteiger partial charge in [-0.3, -0.25) is 0 Å². The van der Waals surface area contributed by atoms with Crippen molar-refractivity contribution in [3.8, 4) is 0 Å². The van der Waals surface area contributed by atoms with Crippen LogP contribution in [0.15, 0.2) is 52.6 Å². The van der Waals surface area contributed by atoms with Crippen LogP contribution >= 0.6 is 31.2 Å². The largest absolute Gasteiger partial charge is 0.466 e. The minimum Gasteiger partial charge on any atom is -0.382 e. The van der Waals surface area contributed by atoms with E-state index in [0.717, 1.165) is 37.2 Å². The van der Waals surface area contributed by atoms with E-state index in [0.29, 0.717) is 21.8 Å². The van der Waals surface area contributed by atoms with Crippen molar-refractivity contribution in [2.45, 2.75) is 35.2 Å². The summed E-state index contributed by atoms with van der Waals surface area (Å²) < 4.78 is 8.88. The third kappa shape index (κ3) is 6.10. The number of benzene rings is 1. The number of halogens is 1. The number of pyridine rings is 1. The molecule has 0 unspecified atom stereocenters. The van der Waals surface area contributed by atoms with Crippen LogP contribution in [0.1, 0.15) is 30.0 Å². The Morgan fingerprint density at radius 2 is 1.80 bits per heavy atom. The second-order valence-corrected chi connectivity index (χ2v) is 10.9. The van der Waals surface area contributed by atoms with Gasteiger partial charge in [0, 0.05) is 30.2 Å². The smallest absolute Gasteiger partial charge is 0.382 e. The monoisotopic (exact) mass is 537 g/mol. The molecule has 7 N–H and O–H groups in total. The zero-order chi connectivity index (χ0) is 25.2. The lowest BCUT2D eigenvalue weighted by atomic mass is 9.73. The van der Waals surface area contributed by atoms with Gasteiger partial charge in [0.25, 0.3) is 0 Å². The Morgan fingerprint density at radius 1 is 1.11 bits per heavy atom. The highest BCUT2D eigenvalue weighted by Crippen LogP contribution is 2.50. The van der Waals surface area contributed by atoms with E-state index in [2.05, 4.69) is 49.3 Å². The second-order valence-electron chi connectivity index (χ2n) is 8.42. The fourth-order valence-corrected chi connectivity index (χ4v) is 5.50. The number of piperidine rings is 1. The van der Waals surface area contributed by atoms with Gasteiger partial charge in [0.2, 0.25) is 5.95 Å². The standard InChI is InChI=1S/C21H22ClN7S.H3O4P/c22-17-15(5-8-25-19(17)24)30-16-12-26-20(28-27-16)29-9-6-21(7-10-29)11-13-3-1-2-4-14(13)18(21)23;1-5(2,3)4/h1-5,8,12,18H,6-7,9-11,23H2,(H2,24,25);(H3,1,2,3,4)/t18-;/m1./s1. The maximum atomic E-state index is 8.88. The lowest BCUT2D eigenvalue weighted by Gasteiger charge is -2.42. The number of nitrogens with two attached hydrogens (primary N) is 2. The number of rotatable bonds is 3. The van der Waals surface area contributed by atoms with E-state index in [1.807, 2.05) is 0 Å². The van der Waals surface area contributed by atoms with Gasteiger partial charge in [-0.25, -0.2) is 14.5 Å². The molecule has 186 valence electrons. The number of hydrogen-bond donors (Lipinski definition) is 5. The van der Waals surface area contributed by atoms with E-state index in [-0.39, 0.29) is 11.5 Å². The molecule has 0 amide bonds. The third-order valence-electron chi connectivity index (χ3n) is 6.26. The number of nitrogens with zero attached hydrogens (tertiary/aromatic N) is 5. The molecular formula is C21H25ClN7O4PS. The van der Waals surface area contributed by atoms with Gasteiger partial charge < -0.3 is 31.0 Å². The van der Waals surface area contributed by atoms with Gasteiger partial charge in [0.05, 0.1) is 11.2 Å². The van der Waals surface area contributed by atoms with E-state index < -0.39 is 7.82 Å². The van der Waals surface area contributed by atoms with Crippen LogP contribution in [-0.4, -0.2) is 47.9 Å². The molecule has 2 aliphatic rings. The molecule has 35 heavy (non-hydrogen) atoms. The van der Waals surface area contributed by atoms with Crippen molar-refractivity contribution >= 4 is 43.0 Å². The Morgan fingerprint density at radius 3 is 2.43 bits per heavy atom. The summed E-state index contributed by atoms with van der Waals surface area (Å²) in [4.78, 5) is 33.0. The molecule has 1 fully saturated rings. The van der Waals surface area contributed by atoms with Crippen molar-refractivity contribution in [2.75, 3.05) is 23.7 Å². The second kappa shape index (κ2) is 10.4. The first kappa shape index (κ1) is 25.8. The summed E-state index contributed by atoms with van der Waals surface area (Å²) in [5.41, 5.74) is 15.3. The highest BCUT2D eigenvalue weighted by atomic mass is 35.5. The van der Waals surface area contributed by atoms with Crippen molar-refractivity contribution in [1.29, 1.82) is 0 Å². The first-order chi connectivity index (χ1) is 16.6. The number of fused-ring (bicyclic) bond motifs is 1. The molecule has 5 rings (SSSR count). The Balaban J connectivity index is 0.000000527. The van der Waals surface area contributed by atoms with Gasteiger partial charge in [-0.1, -0.05) is 47.6 Å². The van der Waals surface area contributed by atoms with Crippen molar-refractivity contribution in [3.05, 3.63) is 58.9 Å². The average molecular weight is 538 g/mol. The molecule has 1 aliphatic carbocycles. The number of nitrogen functional groups attached to an aromatic ring is 1. The van der Waals surface area contributed by atoms with E-state index in [1.54, 1.807) is 18.5 Å². The molecule has 0 radical (unpaired) electrons. The molecule has 14 heteroatoms. The van der Waals surface area contributed by atoms with E-state index in [9.17, 15) is 0 Å². The molecule has 1 aromatic carbocycles. The summed E-state index contributed by atoms with van der Waals surface area (Å²) in [6.45, 7) is 1.76. The highest BCUT2D eigenvalue weighted by molar-refractivity contribution is 7.99. The zero-order valence-electron chi connectivity index (χ0n) is 18.5. The van der Waals surface area contributed by atoms with Gasteiger partial charge in [0.1, 0.15) is 10.8 Å². The molecule has 2 aromatic heterocycles. The predicted octanol–water partition coefficient (Wildman–Crippen LogP) is 2.57. The number of phosphoric acid groups is 1. The lowest BCUT2D eigenvalue weighted by Crippen LogP contribution is -2.45. The molecule has 0 bridgehead atoms. The van der Waals surface area contributed by atoms with Gasteiger partial charge in [-0.05, 0) is 41.9 Å². The van der Waals surface area contributed by atoms with Crippen LogP contribution in [0.3, 0.4) is 0 Å². The van der Waals surface area contributed by atoms with Crippen LogP contribution in [0.4, 0.5) is 11.8 Å². The van der Waals surface area contributed by atoms with E-state index in [4.69, 9.17) is 42.3 Å². The molecule has 1 spiro atoms. The van der Waals surface area contributed by atoms with Crippen LogP contribution in [0.2, 0.25) is 5.02 Å². The fourth-order valence-electron chi connectivity index (χ4n) is 4.54. The van der Waals surface area contributed by atoms with E-state index in [1.165, 1.54) is 22.9 Å². The Kier molecular flexibility index (Phi) is 7.62. The Labute approximate surface area is 211 Å². The summed E-state index contributed by atoms with van der Waals surface area (Å²) in [7, 11) is -4.64. The number of aromatic nitrogens is 4. The quantitative estimate of drug-likeness (QED) is 0.308. The van der Waals surface area contributed by atoms with Gasteiger partial charge in [-0.2, -0.15) is 0 Å². The lowest BCUT2D eigenvalue weighted by molar-refractivity contribution is 0.186. The fraction of sp³-hybridized carbons (Fsp3) is 0.333. The highest BCUT2D eigenvalue weighted by Gasteiger charge is 2.46. The molecule has 1 saturated heterocycles. The SMILES string of the molecule is Nc1nccc(Sc2cnc(N3CCC4(CC3)Cc3ccccc3[C@H]4N)nn2)c1Cl.O=P(O)(O)O. The van der Waals surface area contributed by atoms with Crippen LogP contribution < -0.4 is 16.4 Å². The molecule has 0 saturated carbocycles. The summed E-state index contributed by atoms with van der Waals surface area (Å²) in [5.74, 6) is 0.951. The van der Waals surface area contributed by atoms with Crippen LogP contribution in [-0.2, 0) is 11.0 Å². The number of hydrogen-bond acceptors (Lipinski definition) is 9. The van der Waals surface area contributed by atoms with Gasteiger partial charge >= 0.3 is 7.82 Å². The summed E-state index contributed by atoms with van der Waals surface area (Å²) >= 11 is 7.57. The van der Waals surface area contributed by atoms with Crippen LogP contribution in [0, 0.1) is 5.41 Å². The molecule has 11 nitrogen and oxygen atoms in total. The minimum atomic E-state index is -4.64. The maximum absolute atomic E-state index is 8.88. The van der Waals surface area contributed by atoms with Crippen molar-refractivity contribution in [1.82, 2.24) is 20.2 Å². The summed E-state index contributed by atoms with van der Waals surface area (Å²) in [6, 6.07) is 10.5. The van der Waals surface area contributed by atoms with E-state index >= 15 is 0 Å². The van der Waals surface area contributed by atoms with Crippen LogP contribution in [0.25, 0.3) is 0 Å². The van der Waals surface area contributed by atoms with Crippen LogP contribution in [0.5, 0.6) is 0 Å². The number of anilines is 2. The summed E-state index contributed by atoms with van der Waals surface area (Å²) in [6.07, 6.45) is 6.45. The minimum absolute atomic E-state index is 0.103. The topological polar surface area (TPSA) is 185 Å². The van der Waals surface area contributed by atoms with Gasteiger partial charge in [0.15, 0.2) is 0 Å². The first-order valence-electron chi connectivity index (χ1n) is 10.7. The summed E-state index contributed by atoms with van der Waals surface area (Å²) in [5, 5.41) is 9.75. The molecule has 1 atom stereocenters. The molecule has 3 aromatic rings. The van der Waals surface area contributed by atoms with Crippen molar-refractivity contribution < 1.29 is 19.2 Å². The van der Waals surface area contributed by atoms with Crippen molar-refractivity contribution in [3.63, 3.8) is 0 Å². The normalized spacial score (nSPS) is 18.7. The Hall–Kier alpha value is -2.31. The maximum Gasteiger partial charge on any atom is 0.466 e. The Bertz CT molecular complexity index is 1230. The molecule has 1 aliphatic heterocycles. The molecular weight excluding hydrogens is 513 g/mol. The first-order valence-corrected chi connectivity index (χ1v) is 13.5. The average Bonchev–Trinajstić information content (AvgIpc) is 3.08. The zero-order valence-corrected chi connectivity index (χ0v) is 21.0.